The summed E-state index contributed by atoms with van der Waals surface area (Å²) in [6.45, 7) is 17.1. The van der Waals surface area contributed by atoms with Gasteiger partial charge < -0.3 is 30.2 Å². The molecule has 5 atom stereocenters. The Hall–Kier alpha value is -3.19. The molecule has 1 aliphatic heterocycles. The van der Waals surface area contributed by atoms with Gasteiger partial charge in [-0.15, -0.1) is 0 Å². The van der Waals surface area contributed by atoms with E-state index < -0.39 is 77.0 Å². The van der Waals surface area contributed by atoms with Crippen molar-refractivity contribution in [3.05, 3.63) is 0 Å². The summed E-state index contributed by atoms with van der Waals surface area (Å²) < 4.78 is 17.3. The molecule has 53 heavy (non-hydrogen) atoms. The van der Waals surface area contributed by atoms with Gasteiger partial charge in [0.1, 0.15) is 6.04 Å². The van der Waals surface area contributed by atoms with Crippen molar-refractivity contribution in [1.82, 2.24) is 10.2 Å². The van der Waals surface area contributed by atoms with Crippen LogP contribution < -0.4 is 11.1 Å². The van der Waals surface area contributed by atoms with Crippen molar-refractivity contribution < 1.29 is 47.8 Å². The zero-order chi connectivity index (χ0) is 40.1. The SMILES string of the molecule is CCCC(CC(=O)[C@@H]1C[C@@H](OC(C)(C)C)CN1C(=O)C(CC(=O)OCC(C)C)C1CCCCC1)C(=O)C(=O)CCC(=O)NC(COC(C)(C)C)C(N)=O. The van der Waals surface area contributed by atoms with E-state index >= 15 is 0 Å². The second-order valence-electron chi connectivity index (χ2n) is 17.3. The summed E-state index contributed by atoms with van der Waals surface area (Å²) in [6.07, 6.45) is 4.12. The Labute approximate surface area is 316 Å². The number of hydrogen-bond donors (Lipinski definition) is 2. The summed E-state index contributed by atoms with van der Waals surface area (Å²) >= 11 is 0. The van der Waals surface area contributed by atoms with Crippen LogP contribution in [0.5, 0.6) is 0 Å². The molecular weight excluding hydrogens is 682 g/mol. The first kappa shape index (κ1) is 46.0. The van der Waals surface area contributed by atoms with Gasteiger partial charge in [0, 0.05) is 38.1 Å². The summed E-state index contributed by atoms with van der Waals surface area (Å²) in [6, 6.07) is -1.99. The van der Waals surface area contributed by atoms with E-state index in [2.05, 4.69) is 5.32 Å². The summed E-state index contributed by atoms with van der Waals surface area (Å²) in [5, 5.41) is 2.46. The molecule has 2 aliphatic rings. The van der Waals surface area contributed by atoms with Crippen LogP contribution in [-0.4, -0.2) is 95.1 Å². The molecule has 1 aliphatic carbocycles. The summed E-state index contributed by atoms with van der Waals surface area (Å²) in [7, 11) is 0. The molecule has 0 spiro atoms. The number of carbonyl (C=O) groups excluding carboxylic acids is 7. The number of nitrogens with two attached hydrogens (primary N) is 1. The molecule has 0 aromatic carbocycles. The van der Waals surface area contributed by atoms with Crippen LogP contribution in [0.25, 0.3) is 0 Å². The Morgan fingerprint density at radius 2 is 1.51 bits per heavy atom. The third-order valence-corrected chi connectivity index (χ3v) is 9.61. The molecule has 0 bridgehead atoms. The zero-order valence-electron chi connectivity index (χ0n) is 33.8. The van der Waals surface area contributed by atoms with Gasteiger partial charge >= 0.3 is 5.97 Å². The first-order valence-electron chi connectivity index (χ1n) is 19.6. The number of Topliss-reactive ketones (excluding diaryl/α,β-unsaturated/α-hetero) is 3. The maximum atomic E-state index is 14.5. The molecule has 3 N–H and O–H groups in total. The minimum absolute atomic E-state index is 0.0188. The van der Waals surface area contributed by atoms with E-state index in [4.69, 9.17) is 19.9 Å². The minimum atomic E-state index is -1.11. The summed E-state index contributed by atoms with van der Waals surface area (Å²) in [4.78, 5) is 94.2. The Balaban J connectivity index is 2.23. The molecule has 2 fully saturated rings. The van der Waals surface area contributed by atoms with Crippen molar-refractivity contribution in [2.75, 3.05) is 19.8 Å². The van der Waals surface area contributed by atoms with Gasteiger partial charge in [-0.2, -0.15) is 0 Å². The lowest BCUT2D eigenvalue weighted by Crippen LogP contribution is -2.48. The second-order valence-corrected chi connectivity index (χ2v) is 17.3. The summed E-state index contributed by atoms with van der Waals surface area (Å²) in [5.41, 5.74) is 4.29. The van der Waals surface area contributed by atoms with Gasteiger partial charge in [-0.1, -0.05) is 46.5 Å². The predicted molar refractivity (Wildman–Crippen MR) is 199 cm³/mol. The molecule has 2 rings (SSSR count). The van der Waals surface area contributed by atoms with E-state index in [0.29, 0.717) is 6.42 Å². The topological polar surface area (TPSA) is 188 Å². The minimum Gasteiger partial charge on any atom is -0.465 e. The van der Waals surface area contributed by atoms with Crippen LogP contribution >= 0.6 is 0 Å². The standard InChI is InChI=1S/C40H67N3O10/c1-10-14-27(36(48)32(44)17-18-34(46)42-30(37(41)49)24-52-39(4,5)6)19-33(45)31-20-28(53-40(7,8)9)22-43(31)38(50)29(26-15-12-11-13-16-26)21-35(47)51-23-25(2)3/h25-31H,10-24H2,1-9H3,(H2,41,49)(H,42,46)/t27?,28-,29?,30?,31+/m1/s1. The lowest BCUT2D eigenvalue weighted by Gasteiger charge is -2.34. The van der Waals surface area contributed by atoms with Crippen molar-refractivity contribution in [3.8, 4) is 0 Å². The van der Waals surface area contributed by atoms with E-state index in [9.17, 15) is 33.6 Å². The number of nitrogens with one attached hydrogen (secondary N) is 1. The maximum Gasteiger partial charge on any atom is 0.306 e. The largest absolute Gasteiger partial charge is 0.465 e. The number of likely N-dealkylation sites (tertiary alicyclic amines) is 1. The Bertz CT molecular complexity index is 1280. The van der Waals surface area contributed by atoms with Crippen LogP contribution in [0.2, 0.25) is 0 Å². The molecule has 0 radical (unpaired) electrons. The van der Waals surface area contributed by atoms with Crippen LogP contribution in [0, 0.1) is 23.7 Å². The van der Waals surface area contributed by atoms with Crippen LogP contribution in [0.4, 0.5) is 0 Å². The number of amides is 3. The Kier molecular flexibility index (Phi) is 18.3. The highest BCUT2D eigenvalue weighted by Gasteiger charge is 2.46. The summed E-state index contributed by atoms with van der Waals surface area (Å²) in [5.74, 6) is -5.48. The highest BCUT2D eigenvalue weighted by atomic mass is 16.5. The number of primary amides is 1. The molecule has 13 nitrogen and oxygen atoms in total. The number of ether oxygens (including phenoxy) is 3. The highest BCUT2D eigenvalue weighted by molar-refractivity contribution is 6.38. The van der Waals surface area contributed by atoms with Crippen molar-refractivity contribution in [2.45, 2.75) is 169 Å². The van der Waals surface area contributed by atoms with E-state index in [1.807, 2.05) is 41.5 Å². The number of rotatable bonds is 21. The van der Waals surface area contributed by atoms with Crippen molar-refractivity contribution in [1.29, 1.82) is 0 Å². The molecule has 0 aromatic heterocycles. The second kappa shape index (κ2) is 21.0. The first-order valence-corrected chi connectivity index (χ1v) is 19.6. The monoisotopic (exact) mass is 749 g/mol. The van der Waals surface area contributed by atoms with Gasteiger partial charge in [-0.05, 0) is 72.6 Å². The van der Waals surface area contributed by atoms with E-state index in [1.54, 1.807) is 25.7 Å². The normalized spacial score (nSPS) is 20.1. The molecular formula is C40H67N3O10. The lowest BCUT2D eigenvalue weighted by atomic mass is 9.77. The molecule has 302 valence electrons. The Morgan fingerprint density at radius 1 is 0.868 bits per heavy atom. The third kappa shape index (κ3) is 16.4. The number of esters is 1. The zero-order valence-corrected chi connectivity index (χ0v) is 33.8. The fraction of sp³-hybridized carbons (Fsp3) is 0.825. The maximum absolute atomic E-state index is 14.5. The predicted octanol–water partition coefficient (Wildman–Crippen LogP) is 4.64. The van der Waals surface area contributed by atoms with Crippen LogP contribution in [0.3, 0.4) is 0 Å². The van der Waals surface area contributed by atoms with Crippen molar-refractivity contribution in [3.63, 3.8) is 0 Å². The average Bonchev–Trinajstić information content (AvgIpc) is 3.48. The molecule has 3 amide bonds. The Morgan fingerprint density at radius 3 is 2.06 bits per heavy atom. The molecule has 13 heteroatoms. The highest BCUT2D eigenvalue weighted by Crippen LogP contribution is 2.36. The van der Waals surface area contributed by atoms with Gasteiger partial charge in [0.2, 0.25) is 23.5 Å². The van der Waals surface area contributed by atoms with E-state index in [1.165, 1.54) is 0 Å². The third-order valence-electron chi connectivity index (χ3n) is 9.61. The molecule has 3 unspecified atom stereocenters. The van der Waals surface area contributed by atoms with Crippen LogP contribution in [-0.2, 0) is 47.8 Å². The van der Waals surface area contributed by atoms with Gasteiger partial charge in [-0.3, -0.25) is 33.6 Å². The fourth-order valence-electron chi connectivity index (χ4n) is 7.06. The smallest absolute Gasteiger partial charge is 0.306 e. The van der Waals surface area contributed by atoms with Gasteiger partial charge in [0.25, 0.3) is 0 Å². The number of carbonyl (C=O) groups is 7. The van der Waals surface area contributed by atoms with Gasteiger partial charge in [0.05, 0.1) is 48.9 Å². The lowest BCUT2D eigenvalue weighted by molar-refractivity contribution is -0.153. The van der Waals surface area contributed by atoms with Crippen molar-refractivity contribution in [2.24, 2.45) is 29.4 Å². The average molecular weight is 750 g/mol. The molecule has 1 saturated carbocycles. The van der Waals surface area contributed by atoms with Crippen molar-refractivity contribution >= 4 is 41.0 Å². The quantitative estimate of drug-likeness (QED) is 0.124. The number of nitrogens with zero attached hydrogens (tertiary/aromatic N) is 1. The van der Waals surface area contributed by atoms with E-state index in [-0.39, 0.29) is 75.4 Å². The van der Waals surface area contributed by atoms with Crippen LogP contribution in [0.15, 0.2) is 0 Å². The first-order chi connectivity index (χ1) is 24.6. The van der Waals surface area contributed by atoms with Crippen LogP contribution in [0.1, 0.15) is 139 Å². The van der Waals surface area contributed by atoms with Gasteiger partial charge in [-0.25, -0.2) is 0 Å². The fourth-order valence-corrected chi connectivity index (χ4v) is 7.06. The molecule has 0 aromatic rings. The van der Waals surface area contributed by atoms with Gasteiger partial charge in [0.15, 0.2) is 11.6 Å². The molecule has 1 heterocycles. The van der Waals surface area contributed by atoms with E-state index in [0.717, 1.165) is 32.1 Å². The number of hydrogen-bond acceptors (Lipinski definition) is 10. The molecule has 1 saturated heterocycles. The number of ketones is 3.